The quantitative estimate of drug-likeness (QED) is 0.242. The molecular formula is O6Sn6. The van der Waals surface area contributed by atoms with Gasteiger partial charge < -0.3 is 0 Å². The Morgan fingerprint density at radius 3 is 0.250 bits per heavy atom. The first kappa shape index (κ1) is 36.1. The van der Waals surface area contributed by atoms with Gasteiger partial charge in [-0.1, -0.05) is 0 Å². The molecule has 0 fully saturated rings. The van der Waals surface area contributed by atoms with Crippen molar-refractivity contribution < 1.29 is 18.5 Å². The fourth-order valence-corrected chi connectivity index (χ4v) is 0. The molecule has 0 saturated carbocycles. The first-order valence-corrected chi connectivity index (χ1v) is 8.22. The van der Waals surface area contributed by atoms with E-state index in [0.29, 0.717) is 135 Å². The van der Waals surface area contributed by atoms with Gasteiger partial charge in [-0.05, 0) is 0 Å². The SMILES string of the molecule is [O]=[Sn].[O]=[Sn].[O]=[Sn].[O]=[Sn].[O]=[Sn].[O]=[Sn]. The molecule has 0 aromatic carbocycles. The molecular weight excluding hydrogens is 808 g/mol. The number of hydrogen-bond donors (Lipinski definition) is 0. The predicted molar refractivity (Wildman–Crippen MR) is 38.6 cm³/mol. The molecule has 0 amide bonds. The van der Waals surface area contributed by atoms with Crippen molar-refractivity contribution in [3.8, 4) is 0 Å². The zero-order valence-corrected chi connectivity index (χ0v) is 22.6. The van der Waals surface area contributed by atoms with Gasteiger partial charge in [-0.2, -0.15) is 0 Å². The molecule has 12 radical (unpaired) electrons. The molecule has 6 nitrogen and oxygen atoms in total. The summed E-state index contributed by atoms with van der Waals surface area (Å²) in [7, 11) is 0. The Bertz CT molecular complexity index is 27.5. The third-order valence-electron chi connectivity index (χ3n) is 0. The van der Waals surface area contributed by atoms with E-state index < -0.39 is 0 Å². The van der Waals surface area contributed by atoms with Crippen LogP contribution >= 0.6 is 0 Å². The fourth-order valence-electron chi connectivity index (χ4n) is 0. The topological polar surface area (TPSA) is 102 Å². The van der Waals surface area contributed by atoms with Crippen molar-refractivity contribution >= 4 is 135 Å². The van der Waals surface area contributed by atoms with Crippen molar-refractivity contribution in [2.24, 2.45) is 0 Å². The Morgan fingerprint density at radius 1 is 0.250 bits per heavy atom. The molecule has 0 spiro atoms. The molecule has 12 heteroatoms. The van der Waals surface area contributed by atoms with E-state index in [2.05, 4.69) is 0 Å². The van der Waals surface area contributed by atoms with Crippen molar-refractivity contribution in [3.05, 3.63) is 0 Å². The second-order valence-electron chi connectivity index (χ2n) is 0. The zero-order valence-electron chi connectivity index (χ0n) is 5.45. The Balaban J connectivity index is -0.00000000900. The van der Waals surface area contributed by atoms with Crippen LogP contribution in [0.1, 0.15) is 0 Å². The normalized spacial score (nSPS) is 2.00. The summed E-state index contributed by atoms with van der Waals surface area (Å²) in [5.74, 6) is 0. The minimum atomic E-state index is 0.300. The second kappa shape index (κ2) is 209. The zero-order chi connectivity index (χ0) is 12.0. The summed E-state index contributed by atoms with van der Waals surface area (Å²) < 4.78 is 50.0. The van der Waals surface area contributed by atoms with Crippen LogP contribution in [0.2, 0.25) is 0 Å². The summed E-state index contributed by atoms with van der Waals surface area (Å²) in [5, 5.41) is 0. The third kappa shape index (κ3) is 167. The Hall–Kier alpha value is 3.59. The van der Waals surface area contributed by atoms with E-state index in [0.717, 1.165) is 0 Å². The second-order valence-corrected chi connectivity index (χ2v) is 0. The Morgan fingerprint density at radius 2 is 0.250 bits per heavy atom. The summed E-state index contributed by atoms with van der Waals surface area (Å²) in [5.41, 5.74) is 0. The molecule has 0 aliphatic carbocycles. The van der Waals surface area contributed by atoms with E-state index in [1.807, 2.05) is 0 Å². The molecule has 0 atom stereocenters. The van der Waals surface area contributed by atoms with Gasteiger partial charge in [0.25, 0.3) is 0 Å². The van der Waals surface area contributed by atoms with Crippen LogP contribution in [0, 0.1) is 0 Å². The molecule has 0 rings (SSSR count). The molecule has 0 aliphatic rings. The van der Waals surface area contributed by atoms with E-state index in [9.17, 15) is 0 Å². The van der Waals surface area contributed by atoms with E-state index in [1.165, 1.54) is 0 Å². The maximum absolute atomic E-state index is 8.34. The average Bonchev–Trinajstić information content (AvgIpc) is 2.33. The summed E-state index contributed by atoms with van der Waals surface area (Å²) in [6.45, 7) is 0. The third-order valence-corrected chi connectivity index (χ3v) is 0. The van der Waals surface area contributed by atoms with Gasteiger partial charge in [-0.25, -0.2) is 0 Å². The number of hydrogen-bond acceptors (Lipinski definition) is 6. The van der Waals surface area contributed by atoms with Crippen LogP contribution in [0.4, 0.5) is 0 Å². The standard InChI is InChI=1S/6O.6Sn. The maximum atomic E-state index is 8.34. The van der Waals surface area contributed by atoms with Gasteiger partial charge in [0.15, 0.2) is 0 Å². The molecule has 0 N–H and O–H groups in total. The van der Waals surface area contributed by atoms with Gasteiger partial charge in [-0.15, -0.1) is 0 Å². The van der Waals surface area contributed by atoms with Crippen LogP contribution in [0.15, 0.2) is 0 Å². The fraction of sp³-hybridized carbons (Fsp3) is 0. The summed E-state index contributed by atoms with van der Waals surface area (Å²) in [4.78, 5) is 0. The molecule has 0 aromatic heterocycles. The van der Waals surface area contributed by atoms with Crippen molar-refractivity contribution in [1.29, 1.82) is 0 Å². The van der Waals surface area contributed by atoms with Gasteiger partial charge in [0.05, 0.1) is 0 Å². The average molecular weight is 808 g/mol. The van der Waals surface area contributed by atoms with Crippen LogP contribution in [0.5, 0.6) is 0 Å². The minimum absolute atomic E-state index is 0.300. The van der Waals surface area contributed by atoms with Gasteiger partial charge >= 0.3 is 154 Å². The molecule has 0 saturated heterocycles. The van der Waals surface area contributed by atoms with Crippen LogP contribution in [-0.4, -0.2) is 135 Å². The Kier molecular flexibility index (Phi) is 628. The molecule has 0 heterocycles. The van der Waals surface area contributed by atoms with Gasteiger partial charge in [0, 0.05) is 0 Å². The van der Waals surface area contributed by atoms with Gasteiger partial charge in [-0.3, -0.25) is 0 Å². The monoisotopic (exact) mass is 815 g/mol. The molecule has 0 bridgehead atoms. The molecule has 60 valence electrons. The number of rotatable bonds is 0. The summed E-state index contributed by atoms with van der Waals surface area (Å²) in [6.07, 6.45) is 0. The molecule has 12 heavy (non-hydrogen) atoms. The van der Waals surface area contributed by atoms with Crippen LogP contribution in [0.3, 0.4) is 0 Å². The van der Waals surface area contributed by atoms with E-state index in [-0.39, 0.29) is 0 Å². The van der Waals surface area contributed by atoms with Gasteiger partial charge in [0.2, 0.25) is 0 Å². The first-order valence-electron chi connectivity index (χ1n) is 1.22. The van der Waals surface area contributed by atoms with Crippen molar-refractivity contribution in [3.63, 3.8) is 0 Å². The first-order chi connectivity index (χ1) is 6.00. The van der Waals surface area contributed by atoms with E-state index in [4.69, 9.17) is 18.5 Å². The summed E-state index contributed by atoms with van der Waals surface area (Å²) in [6, 6.07) is 0. The van der Waals surface area contributed by atoms with Crippen molar-refractivity contribution in [1.82, 2.24) is 0 Å². The molecule has 0 aliphatic heterocycles. The van der Waals surface area contributed by atoms with Crippen molar-refractivity contribution in [2.45, 2.75) is 0 Å². The van der Waals surface area contributed by atoms with Crippen LogP contribution in [-0.2, 0) is 18.5 Å². The van der Waals surface area contributed by atoms with E-state index in [1.54, 1.807) is 0 Å². The molecule has 0 unspecified atom stereocenters. The van der Waals surface area contributed by atoms with Gasteiger partial charge in [0.1, 0.15) is 0 Å². The van der Waals surface area contributed by atoms with Crippen molar-refractivity contribution in [2.75, 3.05) is 0 Å². The molecule has 0 aromatic rings. The van der Waals surface area contributed by atoms with Crippen LogP contribution in [0.25, 0.3) is 0 Å². The van der Waals surface area contributed by atoms with E-state index >= 15 is 0 Å². The van der Waals surface area contributed by atoms with Crippen LogP contribution < -0.4 is 0 Å². The summed E-state index contributed by atoms with van der Waals surface area (Å²) >= 11 is 1.80. The predicted octanol–water partition coefficient (Wildman–Crippen LogP) is -3.00. The Labute approximate surface area is 150 Å².